The van der Waals surface area contributed by atoms with Crippen LogP contribution in [-0.4, -0.2) is 32.8 Å². The topological polar surface area (TPSA) is 51.5 Å². The fourth-order valence-electron chi connectivity index (χ4n) is 1.22. The first-order valence-corrected chi connectivity index (χ1v) is 5.70. The van der Waals surface area contributed by atoms with E-state index in [0.29, 0.717) is 42.8 Å². The van der Waals surface area contributed by atoms with Crippen molar-refractivity contribution in [2.45, 2.75) is 0 Å². The third-order valence-corrected chi connectivity index (χ3v) is 2.15. The van der Waals surface area contributed by atoms with E-state index in [4.69, 9.17) is 31.1 Å². The SMILES string of the molecule is COc1cc(C#N)ccc1OCCOCCCl. The van der Waals surface area contributed by atoms with Gasteiger partial charge in [0.15, 0.2) is 11.5 Å². The molecule has 0 saturated carbocycles. The first kappa shape index (κ1) is 13.6. The van der Waals surface area contributed by atoms with E-state index < -0.39 is 0 Å². The third-order valence-electron chi connectivity index (χ3n) is 2.00. The van der Waals surface area contributed by atoms with Crippen LogP contribution < -0.4 is 9.47 Å². The molecule has 0 bridgehead atoms. The minimum Gasteiger partial charge on any atom is -0.493 e. The molecule has 0 aliphatic carbocycles. The summed E-state index contributed by atoms with van der Waals surface area (Å²) < 4.78 is 15.8. The van der Waals surface area contributed by atoms with Gasteiger partial charge in [-0.1, -0.05) is 0 Å². The maximum Gasteiger partial charge on any atom is 0.162 e. The summed E-state index contributed by atoms with van der Waals surface area (Å²) >= 11 is 5.46. The normalized spacial score (nSPS) is 9.71. The van der Waals surface area contributed by atoms with E-state index in [1.807, 2.05) is 6.07 Å². The highest BCUT2D eigenvalue weighted by molar-refractivity contribution is 6.17. The van der Waals surface area contributed by atoms with Crippen LogP contribution in [0.3, 0.4) is 0 Å². The molecular weight excluding hydrogens is 242 g/mol. The molecule has 4 nitrogen and oxygen atoms in total. The fourth-order valence-corrected chi connectivity index (χ4v) is 1.33. The van der Waals surface area contributed by atoms with Crippen LogP contribution >= 0.6 is 11.6 Å². The lowest BCUT2D eigenvalue weighted by Crippen LogP contribution is -2.08. The Bertz CT molecular complexity index is 390. The zero-order valence-corrected chi connectivity index (χ0v) is 10.4. The number of hydrogen-bond acceptors (Lipinski definition) is 4. The van der Waals surface area contributed by atoms with E-state index in [-0.39, 0.29) is 0 Å². The summed E-state index contributed by atoms with van der Waals surface area (Å²) in [6, 6.07) is 7.06. The van der Waals surface area contributed by atoms with Gasteiger partial charge >= 0.3 is 0 Å². The highest BCUT2D eigenvalue weighted by Gasteiger charge is 2.05. The Morgan fingerprint density at radius 3 is 2.71 bits per heavy atom. The van der Waals surface area contributed by atoms with Crippen LogP contribution in [0.1, 0.15) is 5.56 Å². The van der Waals surface area contributed by atoms with Crippen molar-refractivity contribution in [2.24, 2.45) is 0 Å². The zero-order chi connectivity index (χ0) is 12.5. The summed E-state index contributed by atoms with van der Waals surface area (Å²) in [4.78, 5) is 0. The van der Waals surface area contributed by atoms with Crippen LogP contribution in [0.15, 0.2) is 18.2 Å². The van der Waals surface area contributed by atoms with Gasteiger partial charge in [0.05, 0.1) is 32.0 Å². The van der Waals surface area contributed by atoms with Crippen LogP contribution in [0.25, 0.3) is 0 Å². The molecule has 0 atom stereocenters. The number of benzene rings is 1. The Kier molecular flexibility index (Phi) is 6.23. The Morgan fingerprint density at radius 1 is 1.24 bits per heavy atom. The molecule has 1 aromatic rings. The molecule has 0 spiro atoms. The second kappa shape index (κ2) is 7.77. The minimum atomic E-state index is 0.416. The van der Waals surface area contributed by atoms with Gasteiger partial charge in [0.25, 0.3) is 0 Å². The van der Waals surface area contributed by atoms with E-state index in [2.05, 4.69) is 0 Å². The van der Waals surface area contributed by atoms with Crippen LogP contribution in [0.4, 0.5) is 0 Å². The van der Waals surface area contributed by atoms with Crippen LogP contribution in [0.2, 0.25) is 0 Å². The van der Waals surface area contributed by atoms with Crippen LogP contribution in [-0.2, 0) is 4.74 Å². The van der Waals surface area contributed by atoms with E-state index >= 15 is 0 Å². The van der Waals surface area contributed by atoms with Gasteiger partial charge in [0, 0.05) is 11.9 Å². The average Bonchev–Trinajstić information content (AvgIpc) is 2.38. The number of nitrogens with zero attached hydrogens (tertiary/aromatic N) is 1. The summed E-state index contributed by atoms with van der Waals surface area (Å²) in [7, 11) is 1.54. The first-order valence-electron chi connectivity index (χ1n) is 5.16. The van der Waals surface area contributed by atoms with Gasteiger partial charge in [-0.25, -0.2) is 0 Å². The molecule has 0 fully saturated rings. The Morgan fingerprint density at radius 2 is 2.06 bits per heavy atom. The average molecular weight is 256 g/mol. The zero-order valence-electron chi connectivity index (χ0n) is 9.61. The number of alkyl halides is 1. The quantitative estimate of drug-likeness (QED) is 0.554. The van der Waals surface area contributed by atoms with Gasteiger partial charge in [-0.2, -0.15) is 5.26 Å². The van der Waals surface area contributed by atoms with Gasteiger partial charge in [-0.15, -0.1) is 11.6 Å². The lowest BCUT2D eigenvalue weighted by Gasteiger charge is -2.10. The molecule has 17 heavy (non-hydrogen) atoms. The number of ether oxygens (including phenoxy) is 3. The van der Waals surface area contributed by atoms with Gasteiger partial charge in [0.2, 0.25) is 0 Å². The van der Waals surface area contributed by atoms with Crippen molar-refractivity contribution >= 4 is 11.6 Å². The Labute approximate surface area is 106 Å². The fraction of sp³-hybridized carbons (Fsp3) is 0.417. The largest absolute Gasteiger partial charge is 0.493 e. The maximum absolute atomic E-state index is 8.74. The molecule has 0 amide bonds. The molecule has 0 radical (unpaired) electrons. The molecular formula is C12H14ClNO3. The summed E-state index contributed by atoms with van der Waals surface area (Å²) in [5.74, 6) is 1.61. The van der Waals surface area contributed by atoms with Crippen molar-refractivity contribution in [3.63, 3.8) is 0 Å². The summed E-state index contributed by atoms with van der Waals surface area (Å²) in [5.41, 5.74) is 0.535. The molecule has 1 aromatic carbocycles. The lowest BCUT2D eigenvalue weighted by molar-refractivity contribution is 0.110. The second-order valence-corrected chi connectivity index (χ2v) is 3.51. The van der Waals surface area contributed by atoms with Crippen LogP contribution in [0.5, 0.6) is 11.5 Å². The molecule has 1 rings (SSSR count). The van der Waals surface area contributed by atoms with Gasteiger partial charge in [0.1, 0.15) is 6.61 Å². The van der Waals surface area contributed by atoms with Crippen molar-refractivity contribution < 1.29 is 14.2 Å². The standard InChI is InChI=1S/C12H14ClNO3/c1-15-12-8-10(9-14)2-3-11(12)17-7-6-16-5-4-13/h2-3,8H,4-7H2,1H3. The van der Waals surface area contributed by atoms with Crippen molar-refractivity contribution in [1.82, 2.24) is 0 Å². The number of hydrogen-bond donors (Lipinski definition) is 0. The molecule has 0 unspecified atom stereocenters. The number of methoxy groups -OCH3 is 1. The monoisotopic (exact) mass is 255 g/mol. The molecule has 92 valence electrons. The number of rotatable bonds is 7. The van der Waals surface area contributed by atoms with Crippen molar-refractivity contribution in [2.75, 3.05) is 32.8 Å². The van der Waals surface area contributed by atoms with E-state index in [0.717, 1.165) is 0 Å². The molecule has 5 heteroatoms. The smallest absolute Gasteiger partial charge is 0.162 e. The lowest BCUT2D eigenvalue weighted by atomic mass is 10.2. The minimum absolute atomic E-state index is 0.416. The van der Waals surface area contributed by atoms with E-state index in [1.54, 1.807) is 18.2 Å². The maximum atomic E-state index is 8.74. The van der Waals surface area contributed by atoms with E-state index in [9.17, 15) is 0 Å². The van der Waals surface area contributed by atoms with Gasteiger partial charge in [-0.05, 0) is 12.1 Å². The van der Waals surface area contributed by atoms with E-state index in [1.165, 1.54) is 7.11 Å². The summed E-state index contributed by atoms with van der Waals surface area (Å²) in [6.07, 6.45) is 0. The Balaban J connectivity index is 2.50. The highest BCUT2D eigenvalue weighted by Crippen LogP contribution is 2.27. The highest BCUT2D eigenvalue weighted by atomic mass is 35.5. The van der Waals surface area contributed by atoms with Gasteiger partial charge < -0.3 is 14.2 Å². The predicted molar refractivity (Wildman–Crippen MR) is 64.7 cm³/mol. The number of nitriles is 1. The summed E-state index contributed by atoms with van der Waals surface area (Å²) in [6.45, 7) is 1.39. The van der Waals surface area contributed by atoms with Gasteiger partial charge in [-0.3, -0.25) is 0 Å². The predicted octanol–water partition coefficient (Wildman–Crippen LogP) is 2.20. The number of halogens is 1. The van der Waals surface area contributed by atoms with Crippen LogP contribution in [0, 0.1) is 11.3 Å². The van der Waals surface area contributed by atoms with Crippen molar-refractivity contribution in [3.05, 3.63) is 23.8 Å². The van der Waals surface area contributed by atoms with Crippen molar-refractivity contribution in [1.29, 1.82) is 5.26 Å². The second-order valence-electron chi connectivity index (χ2n) is 3.13. The molecule has 0 saturated heterocycles. The molecule has 0 aliphatic rings. The Hall–Kier alpha value is -1.44. The molecule has 0 N–H and O–H groups in total. The molecule has 0 aromatic heterocycles. The first-order chi connectivity index (χ1) is 8.31. The molecule has 0 aliphatic heterocycles. The third kappa shape index (κ3) is 4.51. The van der Waals surface area contributed by atoms with Crippen molar-refractivity contribution in [3.8, 4) is 17.6 Å². The molecule has 0 heterocycles. The summed E-state index contributed by atoms with van der Waals surface area (Å²) in [5, 5.41) is 8.74.